The van der Waals surface area contributed by atoms with Crippen LogP contribution < -0.4 is 5.73 Å². The molecule has 90 valence electrons. The molecule has 17 heavy (non-hydrogen) atoms. The Kier molecular flexibility index (Phi) is 3.10. The topological polar surface area (TPSA) is 69.6 Å². The molecule has 2 N–H and O–H groups in total. The molecule has 0 fully saturated rings. The van der Waals surface area contributed by atoms with Crippen LogP contribution in [0.1, 0.15) is 21.9 Å². The van der Waals surface area contributed by atoms with Gasteiger partial charge in [0.05, 0.1) is 12.6 Å². The molecule has 2 heterocycles. The van der Waals surface area contributed by atoms with Crippen molar-refractivity contribution >= 4 is 11.5 Å². The van der Waals surface area contributed by atoms with Crippen molar-refractivity contribution in [2.24, 2.45) is 5.73 Å². The summed E-state index contributed by atoms with van der Waals surface area (Å²) in [7, 11) is 1.35. The van der Waals surface area contributed by atoms with Crippen LogP contribution in [0.15, 0.2) is 18.3 Å². The Morgan fingerprint density at radius 3 is 2.94 bits per heavy atom. The summed E-state index contributed by atoms with van der Waals surface area (Å²) in [6.07, 6.45) is 2.57. The van der Waals surface area contributed by atoms with Crippen molar-refractivity contribution < 1.29 is 9.53 Å². The summed E-state index contributed by atoms with van der Waals surface area (Å²) in [5, 5.41) is 0. The first-order valence-electron chi connectivity index (χ1n) is 5.43. The van der Waals surface area contributed by atoms with Gasteiger partial charge >= 0.3 is 5.97 Å². The zero-order valence-corrected chi connectivity index (χ0v) is 9.93. The van der Waals surface area contributed by atoms with E-state index in [9.17, 15) is 4.79 Å². The van der Waals surface area contributed by atoms with Gasteiger partial charge in [-0.25, -0.2) is 9.78 Å². The van der Waals surface area contributed by atoms with Gasteiger partial charge in [0.1, 0.15) is 5.82 Å². The molecular weight excluding hydrogens is 218 g/mol. The quantitative estimate of drug-likeness (QED) is 0.801. The lowest BCUT2D eigenvalue weighted by molar-refractivity contribution is 0.0597. The molecule has 0 bridgehead atoms. The molecule has 0 saturated carbocycles. The fourth-order valence-corrected chi connectivity index (χ4v) is 1.81. The van der Waals surface area contributed by atoms with Crippen LogP contribution in [0.4, 0.5) is 0 Å². The molecule has 5 nitrogen and oxygen atoms in total. The number of aryl methyl sites for hydroxylation is 1. The molecule has 5 heteroatoms. The van der Waals surface area contributed by atoms with E-state index in [1.165, 1.54) is 7.11 Å². The number of carbonyl (C=O) groups excluding carboxylic acids is 1. The Labute approximate surface area is 99.2 Å². The predicted octanol–water partition coefficient (Wildman–Crippen LogP) is 0.931. The second-order valence-corrected chi connectivity index (χ2v) is 3.87. The zero-order valence-electron chi connectivity index (χ0n) is 9.93. The van der Waals surface area contributed by atoms with E-state index in [-0.39, 0.29) is 0 Å². The van der Waals surface area contributed by atoms with Crippen LogP contribution in [0, 0.1) is 6.92 Å². The third kappa shape index (κ3) is 2.01. The number of carbonyl (C=O) groups is 1. The molecular formula is C12H15N3O2. The fourth-order valence-electron chi connectivity index (χ4n) is 1.81. The third-order valence-corrected chi connectivity index (χ3v) is 2.60. The number of ether oxygens (including phenoxy) is 1. The van der Waals surface area contributed by atoms with Crippen LogP contribution in [0.3, 0.4) is 0 Å². The lowest BCUT2D eigenvalue weighted by atomic mass is 10.2. The summed E-state index contributed by atoms with van der Waals surface area (Å²) >= 11 is 0. The molecule has 0 unspecified atom stereocenters. The normalized spacial score (nSPS) is 10.8. The van der Waals surface area contributed by atoms with E-state index in [0.717, 1.165) is 16.9 Å². The maximum atomic E-state index is 11.6. The van der Waals surface area contributed by atoms with Gasteiger partial charge < -0.3 is 14.9 Å². The highest BCUT2D eigenvalue weighted by molar-refractivity contribution is 5.95. The predicted molar refractivity (Wildman–Crippen MR) is 64.0 cm³/mol. The van der Waals surface area contributed by atoms with Crippen molar-refractivity contribution in [2.45, 2.75) is 13.3 Å². The number of fused-ring (bicyclic) bond motifs is 1. The lowest BCUT2D eigenvalue weighted by Gasteiger charge is -2.00. The zero-order chi connectivity index (χ0) is 12.4. The Bertz CT molecular complexity index is 560. The van der Waals surface area contributed by atoms with Gasteiger partial charge in [-0.05, 0) is 25.1 Å². The number of methoxy groups -OCH3 is 1. The second-order valence-electron chi connectivity index (χ2n) is 3.87. The lowest BCUT2D eigenvalue weighted by Crippen LogP contribution is -2.06. The highest BCUT2D eigenvalue weighted by Crippen LogP contribution is 2.15. The molecule has 0 spiro atoms. The highest BCUT2D eigenvalue weighted by atomic mass is 16.5. The summed E-state index contributed by atoms with van der Waals surface area (Å²) in [4.78, 5) is 15.9. The summed E-state index contributed by atoms with van der Waals surface area (Å²) in [5.74, 6) is 0.362. The van der Waals surface area contributed by atoms with Crippen molar-refractivity contribution in [1.29, 1.82) is 0 Å². The number of hydrogen-bond donors (Lipinski definition) is 1. The van der Waals surface area contributed by atoms with Crippen LogP contribution in [-0.2, 0) is 11.2 Å². The van der Waals surface area contributed by atoms with E-state index in [2.05, 4.69) is 4.98 Å². The number of rotatable bonds is 3. The SMILES string of the molecule is COC(=O)c1nc(CCN)n2cc(C)ccc12. The van der Waals surface area contributed by atoms with Crippen molar-refractivity contribution in [3.8, 4) is 0 Å². The average Bonchev–Trinajstić information content (AvgIpc) is 2.67. The molecule has 0 aliphatic rings. The first-order valence-corrected chi connectivity index (χ1v) is 5.43. The molecule has 2 aromatic heterocycles. The number of aromatic nitrogens is 2. The Morgan fingerprint density at radius 2 is 2.29 bits per heavy atom. The summed E-state index contributed by atoms with van der Waals surface area (Å²) in [6.45, 7) is 2.48. The maximum Gasteiger partial charge on any atom is 0.358 e. The molecule has 0 aliphatic carbocycles. The maximum absolute atomic E-state index is 11.6. The van der Waals surface area contributed by atoms with Gasteiger partial charge in [-0.3, -0.25) is 0 Å². The number of esters is 1. The minimum Gasteiger partial charge on any atom is -0.464 e. The number of pyridine rings is 1. The average molecular weight is 233 g/mol. The minimum absolute atomic E-state index is 0.343. The Morgan fingerprint density at radius 1 is 1.53 bits per heavy atom. The molecule has 0 aromatic carbocycles. The van der Waals surface area contributed by atoms with Crippen LogP contribution in [0.5, 0.6) is 0 Å². The molecule has 0 amide bonds. The first-order chi connectivity index (χ1) is 8.17. The van der Waals surface area contributed by atoms with Crippen molar-refractivity contribution in [3.63, 3.8) is 0 Å². The van der Waals surface area contributed by atoms with Crippen molar-refractivity contribution in [2.75, 3.05) is 13.7 Å². The molecule has 0 saturated heterocycles. The minimum atomic E-state index is -0.422. The van der Waals surface area contributed by atoms with Gasteiger partial charge in [-0.15, -0.1) is 0 Å². The summed E-state index contributed by atoms with van der Waals surface area (Å²) in [5.41, 5.74) is 7.74. The molecule has 2 rings (SSSR count). The third-order valence-electron chi connectivity index (χ3n) is 2.60. The monoisotopic (exact) mass is 233 g/mol. The van der Waals surface area contributed by atoms with Crippen molar-refractivity contribution in [3.05, 3.63) is 35.4 Å². The van der Waals surface area contributed by atoms with Crippen LogP contribution in [0.25, 0.3) is 5.52 Å². The largest absolute Gasteiger partial charge is 0.464 e. The van der Waals surface area contributed by atoms with Gasteiger partial charge in [-0.1, -0.05) is 6.07 Å². The van der Waals surface area contributed by atoms with E-state index in [0.29, 0.717) is 18.7 Å². The second kappa shape index (κ2) is 4.55. The van der Waals surface area contributed by atoms with Gasteiger partial charge in [0, 0.05) is 12.6 Å². The standard InChI is InChI=1S/C12H15N3O2/c1-8-3-4-9-11(12(16)17-2)14-10(5-6-13)15(9)7-8/h3-4,7H,5-6,13H2,1-2H3. The van der Waals surface area contributed by atoms with E-state index in [4.69, 9.17) is 10.5 Å². The van der Waals surface area contributed by atoms with Gasteiger partial charge in [-0.2, -0.15) is 0 Å². The van der Waals surface area contributed by atoms with E-state index >= 15 is 0 Å². The van der Waals surface area contributed by atoms with E-state index in [1.54, 1.807) is 0 Å². The number of nitrogens with zero attached hydrogens (tertiary/aromatic N) is 2. The van der Waals surface area contributed by atoms with E-state index in [1.807, 2.05) is 29.7 Å². The Hall–Kier alpha value is -1.88. The molecule has 0 radical (unpaired) electrons. The van der Waals surface area contributed by atoms with Gasteiger partial charge in [0.2, 0.25) is 0 Å². The molecule has 0 aliphatic heterocycles. The van der Waals surface area contributed by atoms with E-state index < -0.39 is 5.97 Å². The fraction of sp³-hybridized carbons (Fsp3) is 0.333. The smallest absolute Gasteiger partial charge is 0.358 e. The number of nitrogens with two attached hydrogens (primary N) is 1. The Balaban J connectivity index is 2.66. The molecule has 0 atom stereocenters. The number of imidazole rings is 1. The van der Waals surface area contributed by atoms with Crippen LogP contribution >= 0.6 is 0 Å². The summed E-state index contributed by atoms with van der Waals surface area (Å²) in [6, 6.07) is 3.81. The van der Waals surface area contributed by atoms with Gasteiger partial charge in [0.15, 0.2) is 5.69 Å². The summed E-state index contributed by atoms with van der Waals surface area (Å²) < 4.78 is 6.62. The molecule has 2 aromatic rings. The van der Waals surface area contributed by atoms with Crippen molar-refractivity contribution in [1.82, 2.24) is 9.38 Å². The highest BCUT2D eigenvalue weighted by Gasteiger charge is 2.17. The first kappa shape index (κ1) is 11.6. The van der Waals surface area contributed by atoms with Gasteiger partial charge in [0.25, 0.3) is 0 Å². The van der Waals surface area contributed by atoms with Crippen LogP contribution in [-0.4, -0.2) is 29.0 Å². The van der Waals surface area contributed by atoms with Crippen LogP contribution in [0.2, 0.25) is 0 Å². The number of hydrogen-bond acceptors (Lipinski definition) is 4.